The maximum Gasteiger partial charge on any atom is 0.0886 e. The normalized spacial score (nSPS) is 29.3. The fourth-order valence-electron chi connectivity index (χ4n) is 2.26. The molecule has 90 valence electrons. The third kappa shape index (κ3) is 3.54. The average Bonchev–Trinajstić information content (AvgIpc) is 2.07. The van der Waals surface area contributed by atoms with Gasteiger partial charge in [-0.3, -0.25) is 0 Å². The van der Waals surface area contributed by atoms with Gasteiger partial charge in [0.05, 0.1) is 11.0 Å². The topological polar surface area (TPSA) is 32.3 Å². The van der Waals surface area contributed by atoms with Crippen molar-refractivity contribution in [3.63, 3.8) is 0 Å². The maximum atomic E-state index is 11.2. The first kappa shape index (κ1) is 13.1. The Labute approximate surface area is 96.2 Å². The van der Waals surface area contributed by atoms with E-state index in [1.807, 2.05) is 0 Å². The number of piperidine rings is 1. The fraction of sp³-hybridized carbons (Fsp3) is 1.00. The summed E-state index contributed by atoms with van der Waals surface area (Å²) >= 11 is 0. The van der Waals surface area contributed by atoms with Crippen molar-refractivity contribution < 1.29 is 4.21 Å². The van der Waals surface area contributed by atoms with Gasteiger partial charge in [0.15, 0.2) is 0 Å². The van der Waals surface area contributed by atoms with Crippen LogP contribution in [-0.4, -0.2) is 40.5 Å². The Morgan fingerprint density at radius 2 is 2.07 bits per heavy atom. The maximum absolute atomic E-state index is 11.2. The quantitative estimate of drug-likeness (QED) is 0.797. The van der Waals surface area contributed by atoms with Crippen molar-refractivity contribution in [1.29, 1.82) is 0 Å². The molecule has 1 saturated heterocycles. The van der Waals surface area contributed by atoms with Gasteiger partial charge in [-0.15, -0.1) is 0 Å². The number of hydrogen-bond acceptors (Lipinski definition) is 2. The molecular weight excluding hydrogens is 208 g/mol. The number of nitrogens with zero attached hydrogens (tertiary/aromatic N) is 1. The van der Waals surface area contributed by atoms with Crippen LogP contribution in [0.5, 0.6) is 0 Å². The van der Waals surface area contributed by atoms with Crippen molar-refractivity contribution in [3.05, 3.63) is 0 Å². The first-order chi connectivity index (χ1) is 6.83. The zero-order valence-electron chi connectivity index (χ0n) is 10.5. The standard InChI is InChI=1S/C11H24N2OS/c1-9(2)13-7-6-10(12-15(5)14)11(3,4)8-13/h9-10,12H,6-8H2,1-5H3. The van der Waals surface area contributed by atoms with Gasteiger partial charge in [0.1, 0.15) is 0 Å². The molecule has 1 rings (SSSR count). The first-order valence-corrected chi connectivity index (χ1v) is 7.22. The van der Waals surface area contributed by atoms with Gasteiger partial charge in [0.25, 0.3) is 0 Å². The van der Waals surface area contributed by atoms with Crippen molar-refractivity contribution in [1.82, 2.24) is 9.62 Å². The van der Waals surface area contributed by atoms with Crippen molar-refractivity contribution in [2.75, 3.05) is 19.3 Å². The second-order valence-electron chi connectivity index (χ2n) is 5.47. The number of hydrogen-bond donors (Lipinski definition) is 1. The third-order valence-electron chi connectivity index (χ3n) is 3.30. The summed E-state index contributed by atoms with van der Waals surface area (Å²) in [5, 5.41) is 0. The molecule has 0 spiro atoms. The lowest BCUT2D eigenvalue weighted by Crippen LogP contribution is -2.55. The summed E-state index contributed by atoms with van der Waals surface area (Å²) in [5.41, 5.74) is 0.203. The zero-order valence-corrected chi connectivity index (χ0v) is 11.4. The summed E-state index contributed by atoms with van der Waals surface area (Å²) in [6.07, 6.45) is 2.80. The van der Waals surface area contributed by atoms with Crippen LogP contribution in [0.3, 0.4) is 0 Å². The van der Waals surface area contributed by atoms with Gasteiger partial charge >= 0.3 is 0 Å². The van der Waals surface area contributed by atoms with Crippen LogP contribution in [0, 0.1) is 5.41 Å². The highest BCUT2D eigenvalue weighted by Crippen LogP contribution is 2.30. The molecule has 1 aliphatic heterocycles. The highest BCUT2D eigenvalue weighted by Gasteiger charge is 2.36. The monoisotopic (exact) mass is 232 g/mol. The predicted octanol–water partition coefficient (Wildman–Crippen LogP) is 1.38. The summed E-state index contributed by atoms with van der Waals surface area (Å²) < 4.78 is 14.4. The van der Waals surface area contributed by atoms with Crippen LogP contribution < -0.4 is 4.72 Å². The van der Waals surface area contributed by atoms with Crippen LogP contribution in [0.4, 0.5) is 0 Å². The highest BCUT2D eigenvalue weighted by atomic mass is 32.2. The summed E-state index contributed by atoms with van der Waals surface area (Å²) in [5.74, 6) is 0. The minimum atomic E-state index is -0.900. The molecule has 2 atom stereocenters. The van der Waals surface area contributed by atoms with E-state index < -0.39 is 11.0 Å². The largest absolute Gasteiger partial charge is 0.300 e. The Hall–Kier alpha value is 0.0700. The number of likely N-dealkylation sites (tertiary alicyclic amines) is 1. The molecular formula is C11H24N2OS. The Bertz CT molecular complexity index is 241. The fourth-order valence-corrected chi connectivity index (χ4v) is 3.10. The first-order valence-electron chi connectivity index (χ1n) is 5.66. The van der Waals surface area contributed by atoms with Crippen molar-refractivity contribution >= 4 is 11.0 Å². The summed E-state index contributed by atoms with van der Waals surface area (Å²) in [6.45, 7) is 11.2. The molecule has 1 N–H and O–H groups in total. The van der Waals surface area contributed by atoms with Crippen LogP contribution in [0.2, 0.25) is 0 Å². The van der Waals surface area contributed by atoms with E-state index in [4.69, 9.17) is 0 Å². The van der Waals surface area contributed by atoms with Crippen molar-refractivity contribution in [2.45, 2.75) is 46.2 Å². The molecule has 4 heteroatoms. The predicted molar refractivity (Wildman–Crippen MR) is 66.1 cm³/mol. The van der Waals surface area contributed by atoms with Gasteiger partial charge < -0.3 is 4.90 Å². The van der Waals surface area contributed by atoms with E-state index in [0.29, 0.717) is 12.1 Å². The molecule has 1 aliphatic rings. The van der Waals surface area contributed by atoms with Crippen LogP contribution in [-0.2, 0) is 11.0 Å². The Morgan fingerprint density at radius 1 is 1.47 bits per heavy atom. The molecule has 0 aromatic carbocycles. The second kappa shape index (κ2) is 4.93. The van der Waals surface area contributed by atoms with E-state index in [1.165, 1.54) is 0 Å². The lowest BCUT2D eigenvalue weighted by molar-refractivity contribution is 0.0669. The molecule has 0 amide bonds. The van der Waals surface area contributed by atoms with E-state index in [2.05, 4.69) is 37.3 Å². The SMILES string of the molecule is CC(C)N1CCC(NS(C)=O)C(C)(C)C1. The Morgan fingerprint density at radius 3 is 2.47 bits per heavy atom. The molecule has 3 nitrogen and oxygen atoms in total. The molecule has 0 aliphatic carbocycles. The zero-order chi connectivity index (χ0) is 11.6. The Balaban J connectivity index is 2.62. The summed E-state index contributed by atoms with van der Waals surface area (Å²) in [4.78, 5) is 2.50. The molecule has 0 bridgehead atoms. The van der Waals surface area contributed by atoms with Gasteiger partial charge in [-0.1, -0.05) is 13.8 Å². The smallest absolute Gasteiger partial charge is 0.0886 e. The minimum Gasteiger partial charge on any atom is -0.300 e. The molecule has 0 aromatic rings. The van der Waals surface area contributed by atoms with Crippen LogP contribution in [0.1, 0.15) is 34.1 Å². The van der Waals surface area contributed by atoms with Gasteiger partial charge in [-0.25, -0.2) is 8.93 Å². The summed E-state index contributed by atoms with van der Waals surface area (Å²) in [6, 6.07) is 0.982. The molecule has 2 unspecified atom stereocenters. The minimum absolute atomic E-state index is 0.203. The third-order valence-corrected chi connectivity index (χ3v) is 3.91. The van der Waals surface area contributed by atoms with Crippen molar-refractivity contribution in [3.8, 4) is 0 Å². The van der Waals surface area contributed by atoms with Gasteiger partial charge in [0, 0.05) is 24.9 Å². The van der Waals surface area contributed by atoms with Gasteiger partial charge in [0.2, 0.25) is 0 Å². The molecule has 1 heterocycles. The van der Waals surface area contributed by atoms with Crippen LogP contribution in [0.15, 0.2) is 0 Å². The number of nitrogens with one attached hydrogen (secondary N) is 1. The van der Waals surface area contributed by atoms with Gasteiger partial charge in [-0.2, -0.15) is 0 Å². The summed E-state index contributed by atoms with van der Waals surface area (Å²) in [7, 11) is -0.900. The van der Waals surface area contributed by atoms with Crippen LogP contribution >= 0.6 is 0 Å². The van der Waals surface area contributed by atoms with Gasteiger partial charge in [-0.05, 0) is 32.2 Å². The van der Waals surface area contributed by atoms with E-state index >= 15 is 0 Å². The molecule has 0 saturated carbocycles. The van der Waals surface area contributed by atoms with E-state index in [9.17, 15) is 4.21 Å². The molecule has 15 heavy (non-hydrogen) atoms. The molecule has 1 fully saturated rings. The Kier molecular flexibility index (Phi) is 4.32. The second-order valence-corrected chi connectivity index (χ2v) is 6.61. The van der Waals surface area contributed by atoms with E-state index in [0.717, 1.165) is 19.5 Å². The highest BCUT2D eigenvalue weighted by molar-refractivity contribution is 7.82. The van der Waals surface area contributed by atoms with Crippen molar-refractivity contribution in [2.24, 2.45) is 5.41 Å². The average molecular weight is 232 g/mol. The number of rotatable bonds is 3. The molecule has 0 radical (unpaired) electrons. The molecule has 0 aromatic heterocycles. The van der Waals surface area contributed by atoms with E-state index in [1.54, 1.807) is 6.26 Å². The van der Waals surface area contributed by atoms with Crippen LogP contribution in [0.25, 0.3) is 0 Å². The van der Waals surface area contributed by atoms with E-state index in [-0.39, 0.29) is 5.41 Å². The lowest BCUT2D eigenvalue weighted by Gasteiger charge is -2.45. The lowest BCUT2D eigenvalue weighted by atomic mass is 9.79.